The molecule has 78 valence electrons. The van der Waals surface area contributed by atoms with Gasteiger partial charge in [-0.05, 0) is 24.0 Å². The van der Waals surface area contributed by atoms with Crippen LogP contribution in [0.15, 0.2) is 18.2 Å². The molecule has 2 nitrogen and oxygen atoms in total. The lowest BCUT2D eigenvalue weighted by Gasteiger charge is -2.23. The Morgan fingerprint density at radius 1 is 1.36 bits per heavy atom. The molecule has 1 unspecified atom stereocenters. The zero-order chi connectivity index (χ0) is 10.6. The molecule has 14 heavy (non-hydrogen) atoms. The van der Waals surface area contributed by atoms with Gasteiger partial charge in [0.05, 0.1) is 0 Å². The Hall–Kier alpha value is -1.18. The molecule has 2 N–H and O–H groups in total. The summed E-state index contributed by atoms with van der Waals surface area (Å²) in [5.74, 6) is 1.04. The van der Waals surface area contributed by atoms with E-state index in [9.17, 15) is 5.11 Å². The van der Waals surface area contributed by atoms with Crippen LogP contribution >= 0.6 is 0 Å². The molecular formula is C12H19NO. The van der Waals surface area contributed by atoms with Gasteiger partial charge < -0.3 is 10.4 Å². The molecule has 0 saturated heterocycles. The van der Waals surface area contributed by atoms with Gasteiger partial charge in [-0.3, -0.25) is 0 Å². The van der Waals surface area contributed by atoms with Gasteiger partial charge in [0.2, 0.25) is 0 Å². The van der Waals surface area contributed by atoms with Crippen molar-refractivity contribution >= 4 is 5.69 Å². The molecule has 0 spiro atoms. The smallest absolute Gasteiger partial charge is 0.117 e. The van der Waals surface area contributed by atoms with E-state index < -0.39 is 0 Å². The average Bonchev–Trinajstić information content (AvgIpc) is 2.21. The first-order chi connectivity index (χ1) is 6.75. The molecular weight excluding hydrogens is 174 g/mol. The lowest BCUT2D eigenvalue weighted by atomic mass is 9.95. The number of aromatic hydroxyl groups is 1. The first kappa shape index (κ1) is 10.9. The minimum atomic E-state index is 0.343. The van der Waals surface area contributed by atoms with Gasteiger partial charge >= 0.3 is 0 Å². The lowest BCUT2D eigenvalue weighted by molar-refractivity contribution is 0.474. The van der Waals surface area contributed by atoms with Crippen molar-refractivity contribution in [1.82, 2.24) is 0 Å². The van der Waals surface area contributed by atoms with Crippen LogP contribution in [0, 0.1) is 5.92 Å². The normalized spacial score (nSPS) is 18.6. The lowest BCUT2D eigenvalue weighted by Crippen LogP contribution is -2.20. The van der Waals surface area contributed by atoms with Crippen LogP contribution < -0.4 is 5.32 Å². The van der Waals surface area contributed by atoms with Gasteiger partial charge in [-0.15, -0.1) is 0 Å². The number of benzene rings is 1. The van der Waals surface area contributed by atoms with E-state index in [-0.39, 0.29) is 0 Å². The predicted octanol–water partition coefficient (Wildman–Crippen LogP) is 3.02. The van der Waals surface area contributed by atoms with Crippen molar-refractivity contribution in [3.63, 3.8) is 0 Å². The molecule has 1 aromatic carbocycles. The number of fused-ring (bicyclic) bond motifs is 1. The standard InChI is InChI=1S/C10H13NO.C2H6/c1-7-4-8-2-3-9(12)5-10(8)11-6-7;1-2/h2-3,5,7,11-12H,4,6H2,1H3;1-2H3. The van der Waals surface area contributed by atoms with Gasteiger partial charge in [-0.1, -0.05) is 26.8 Å². The van der Waals surface area contributed by atoms with E-state index in [0.29, 0.717) is 11.7 Å². The van der Waals surface area contributed by atoms with Gasteiger partial charge in [0, 0.05) is 18.3 Å². The molecule has 1 aliphatic rings. The van der Waals surface area contributed by atoms with E-state index >= 15 is 0 Å². The quantitative estimate of drug-likeness (QED) is 0.663. The van der Waals surface area contributed by atoms with Crippen molar-refractivity contribution in [2.45, 2.75) is 27.2 Å². The molecule has 1 heterocycles. The highest BCUT2D eigenvalue weighted by atomic mass is 16.3. The first-order valence-electron chi connectivity index (χ1n) is 5.31. The summed E-state index contributed by atoms with van der Waals surface area (Å²) in [7, 11) is 0. The average molecular weight is 193 g/mol. The summed E-state index contributed by atoms with van der Waals surface area (Å²) in [5, 5.41) is 12.5. The number of anilines is 1. The summed E-state index contributed by atoms with van der Waals surface area (Å²) in [5.41, 5.74) is 2.40. The predicted molar refractivity (Wildman–Crippen MR) is 60.8 cm³/mol. The maximum absolute atomic E-state index is 9.21. The van der Waals surface area contributed by atoms with Crippen molar-refractivity contribution in [3.8, 4) is 5.75 Å². The number of rotatable bonds is 0. The van der Waals surface area contributed by atoms with Crippen molar-refractivity contribution in [3.05, 3.63) is 23.8 Å². The zero-order valence-electron chi connectivity index (χ0n) is 9.17. The maximum atomic E-state index is 9.21. The van der Waals surface area contributed by atoms with Gasteiger partial charge in [-0.25, -0.2) is 0 Å². The summed E-state index contributed by atoms with van der Waals surface area (Å²) in [4.78, 5) is 0. The highest BCUT2D eigenvalue weighted by Crippen LogP contribution is 2.27. The summed E-state index contributed by atoms with van der Waals surface area (Å²) in [6.07, 6.45) is 1.11. The summed E-state index contributed by atoms with van der Waals surface area (Å²) < 4.78 is 0. The van der Waals surface area contributed by atoms with Crippen molar-refractivity contribution in [1.29, 1.82) is 0 Å². The minimum Gasteiger partial charge on any atom is -0.508 e. The van der Waals surface area contributed by atoms with Crippen molar-refractivity contribution in [2.75, 3.05) is 11.9 Å². The first-order valence-corrected chi connectivity index (χ1v) is 5.31. The van der Waals surface area contributed by atoms with Crippen LogP contribution in [0.5, 0.6) is 5.75 Å². The van der Waals surface area contributed by atoms with Gasteiger partial charge in [0.25, 0.3) is 0 Å². The second kappa shape index (κ2) is 4.89. The Bertz CT molecular complexity index is 296. The molecule has 0 aliphatic carbocycles. The van der Waals surface area contributed by atoms with Gasteiger partial charge in [0.1, 0.15) is 5.75 Å². The fraction of sp³-hybridized carbons (Fsp3) is 0.500. The second-order valence-electron chi connectivity index (χ2n) is 3.53. The molecule has 0 fully saturated rings. The molecule has 2 heteroatoms. The Balaban J connectivity index is 0.000000461. The van der Waals surface area contributed by atoms with E-state index in [1.165, 1.54) is 5.56 Å². The third-order valence-electron chi connectivity index (χ3n) is 2.30. The van der Waals surface area contributed by atoms with E-state index in [4.69, 9.17) is 0 Å². The SMILES string of the molecule is CC.CC1CNc2cc(O)ccc2C1. The highest BCUT2D eigenvalue weighted by Gasteiger charge is 2.13. The van der Waals surface area contributed by atoms with Crippen molar-refractivity contribution < 1.29 is 5.11 Å². The Morgan fingerprint density at radius 3 is 2.79 bits per heavy atom. The molecule has 0 bridgehead atoms. The van der Waals surface area contributed by atoms with Crippen molar-refractivity contribution in [2.24, 2.45) is 5.92 Å². The molecule has 1 atom stereocenters. The van der Waals surface area contributed by atoms with Gasteiger partial charge in [0.15, 0.2) is 0 Å². The number of hydrogen-bond donors (Lipinski definition) is 2. The van der Waals surface area contributed by atoms with Crippen LogP contribution in [-0.4, -0.2) is 11.7 Å². The van der Waals surface area contributed by atoms with E-state index in [1.54, 1.807) is 12.1 Å². The number of phenols is 1. The fourth-order valence-electron chi connectivity index (χ4n) is 1.64. The van der Waals surface area contributed by atoms with E-state index in [0.717, 1.165) is 18.7 Å². The van der Waals surface area contributed by atoms with E-state index in [1.807, 2.05) is 19.9 Å². The third-order valence-corrected chi connectivity index (χ3v) is 2.30. The molecule has 2 rings (SSSR count). The van der Waals surface area contributed by atoms with Crippen LogP contribution in [0.4, 0.5) is 5.69 Å². The van der Waals surface area contributed by atoms with Crippen LogP contribution in [0.25, 0.3) is 0 Å². The molecule has 1 aliphatic heterocycles. The second-order valence-corrected chi connectivity index (χ2v) is 3.53. The number of nitrogens with one attached hydrogen (secondary N) is 1. The summed E-state index contributed by atoms with van der Waals surface area (Å²) in [6, 6.07) is 5.53. The van der Waals surface area contributed by atoms with Crippen LogP contribution in [0.3, 0.4) is 0 Å². The largest absolute Gasteiger partial charge is 0.508 e. The maximum Gasteiger partial charge on any atom is 0.117 e. The molecule has 1 aromatic rings. The molecule has 0 radical (unpaired) electrons. The highest BCUT2D eigenvalue weighted by molar-refractivity contribution is 5.56. The fourth-order valence-corrected chi connectivity index (χ4v) is 1.64. The van der Waals surface area contributed by atoms with Crippen LogP contribution in [-0.2, 0) is 6.42 Å². The summed E-state index contributed by atoms with van der Waals surface area (Å²) in [6.45, 7) is 7.24. The topological polar surface area (TPSA) is 32.3 Å². The Kier molecular flexibility index (Phi) is 3.81. The molecule has 0 aromatic heterocycles. The number of hydrogen-bond acceptors (Lipinski definition) is 2. The zero-order valence-corrected chi connectivity index (χ0v) is 9.17. The number of phenolic OH excluding ortho intramolecular Hbond substituents is 1. The molecule has 0 amide bonds. The van der Waals surface area contributed by atoms with Crippen LogP contribution in [0.1, 0.15) is 26.3 Å². The minimum absolute atomic E-state index is 0.343. The Labute approximate surface area is 86.0 Å². The Morgan fingerprint density at radius 2 is 2.07 bits per heavy atom. The third kappa shape index (κ3) is 2.41. The summed E-state index contributed by atoms with van der Waals surface area (Å²) >= 11 is 0. The monoisotopic (exact) mass is 193 g/mol. The van der Waals surface area contributed by atoms with Gasteiger partial charge in [-0.2, -0.15) is 0 Å². The molecule has 0 saturated carbocycles. The van der Waals surface area contributed by atoms with Crippen LogP contribution in [0.2, 0.25) is 0 Å². The van der Waals surface area contributed by atoms with E-state index in [2.05, 4.69) is 12.2 Å².